The predicted molar refractivity (Wildman–Crippen MR) is 171 cm³/mol. The van der Waals surface area contributed by atoms with Crippen LogP contribution in [0.5, 0.6) is 0 Å². The third-order valence-electron chi connectivity index (χ3n) is 6.66. The Balaban J connectivity index is 1.48. The molecule has 0 atom stereocenters. The SMILES string of the molecule is Clc1c(Nc2ccccc2)cccc1N(c1ccccc1)c1cccc(N(c2ccccc2)c2ccccc2)c1. The van der Waals surface area contributed by atoms with Gasteiger partial charge in [-0.15, -0.1) is 0 Å². The first-order chi connectivity index (χ1) is 19.8. The maximum Gasteiger partial charge on any atom is 0.0881 e. The van der Waals surface area contributed by atoms with Crippen molar-refractivity contribution in [1.29, 1.82) is 0 Å². The van der Waals surface area contributed by atoms with Gasteiger partial charge in [-0.2, -0.15) is 0 Å². The minimum absolute atomic E-state index is 0.642. The molecule has 0 aliphatic rings. The summed E-state index contributed by atoms with van der Waals surface area (Å²) in [6.07, 6.45) is 0. The summed E-state index contributed by atoms with van der Waals surface area (Å²) in [5.41, 5.74) is 7.95. The Labute approximate surface area is 240 Å². The van der Waals surface area contributed by atoms with Gasteiger partial charge in [0.25, 0.3) is 0 Å². The van der Waals surface area contributed by atoms with Gasteiger partial charge in [-0.25, -0.2) is 0 Å². The van der Waals surface area contributed by atoms with E-state index in [1.807, 2.05) is 72.8 Å². The molecule has 0 fully saturated rings. The fourth-order valence-electron chi connectivity index (χ4n) is 4.84. The first-order valence-corrected chi connectivity index (χ1v) is 13.6. The zero-order chi connectivity index (χ0) is 27.1. The van der Waals surface area contributed by atoms with E-state index in [0.717, 1.165) is 45.5 Å². The maximum absolute atomic E-state index is 7.13. The van der Waals surface area contributed by atoms with Crippen molar-refractivity contribution in [3.05, 3.63) is 169 Å². The highest BCUT2D eigenvalue weighted by atomic mass is 35.5. The molecule has 0 aliphatic heterocycles. The van der Waals surface area contributed by atoms with Crippen LogP contribution in [0.25, 0.3) is 0 Å². The molecule has 40 heavy (non-hydrogen) atoms. The number of hydrogen-bond donors (Lipinski definition) is 1. The van der Waals surface area contributed by atoms with Crippen molar-refractivity contribution in [2.75, 3.05) is 15.1 Å². The van der Waals surface area contributed by atoms with Crippen molar-refractivity contribution in [3.8, 4) is 0 Å². The number of nitrogens with zero attached hydrogens (tertiary/aromatic N) is 2. The van der Waals surface area contributed by atoms with Gasteiger partial charge in [-0.3, -0.25) is 0 Å². The first-order valence-electron chi connectivity index (χ1n) is 13.2. The molecule has 3 nitrogen and oxygen atoms in total. The van der Waals surface area contributed by atoms with Gasteiger partial charge in [-0.05, 0) is 78.9 Å². The van der Waals surface area contributed by atoms with E-state index in [1.165, 1.54) is 0 Å². The second kappa shape index (κ2) is 11.8. The molecule has 0 amide bonds. The van der Waals surface area contributed by atoms with E-state index >= 15 is 0 Å². The predicted octanol–water partition coefficient (Wildman–Crippen LogP) is 11.0. The standard InChI is InChI=1S/C36H28ClN3/c37-36-34(38-28-15-5-1-6-16-28)25-14-26-35(36)40(31-21-11-4-12-22-31)33-24-13-23-32(27-33)39(29-17-7-2-8-18-29)30-19-9-3-10-20-30/h1-27,38H. The lowest BCUT2D eigenvalue weighted by Crippen LogP contribution is -2.13. The van der Waals surface area contributed by atoms with Crippen molar-refractivity contribution in [3.63, 3.8) is 0 Å². The molecule has 194 valence electrons. The van der Waals surface area contributed by atoms with Crippen LogP contribution in [0.15, 0.2) is 164 Å². The Morgan fingerprint density at radius 3 is 1.38 bits per heavy atom. The molecular weight excluding hydrogens is 510 g/mol. The van der Waals surface area contributed by atoms with Crippen LogP contribution in [0.2, 0.25) is 5.02 Å². The second-order valence-electron chi connectivity index (χ2n) is 9.33. The van der Waals surface area contributed by atoms with Crippen LogP contribution in [0, 0.1) is 0 Å². The second-order valence-corrected chi connectivity index (χ2v) is 9.70. The van der Waals surface area contributed by atoms with Crippen LogP contribution < -0.4 is 15.1 Å². The van der Waals surface area contributed by atoms with Crippen LogP contribution in [-0.2, 0) is 0 Å². The maximum atomic E-state index is 7.13. The summed E-state index contributed by atoms with van der Waals surface area (Å²) in [5, 5.41) is 4.12. The van der Waals surface area contributed by atoms with E-state index in [-0.39, 0.29) is 0 Å². The van der Waals surface area contributed by atoms with Crippen LogP contribution in [-0.4, -0.2) is 0 Å². The lowest BCUT2D eigenvalue weighted by atomic mass is 10.1. The highest BCUT2D eigenvalue weighted by Crippen LogP contribution is 2.44. The lowest BCUT2D eigenvalue weighted by Gasteiger charge is -2.30. The highest BCUT2D eigenvalue weighted by molar-refractivity contribution is 6.36. The molecule has 0 bridgehead atoms. The van der Waals surface area contributed by atoms with E-state index in [0.29, 0.717) is 5.02 Å². The quantitative estimate of drug-likeness (QED) is 0.208. The molecule has 0 saturated heterocycles. The van der Waals surface area contributed by atoms with E-state index in [9.17, 15) is 0 Å². The summed E-state index contributed by atoms with van der Waals surface area (Å²) in [5.74, 6) is 0. The first kappa shape index (κ1) is 25.3. The molecule has 0 aliphatic carbocycles. The number of rotatable bonds is 8. The molecule has 1 N–H and O–H groups in total. The third kappa shape index (κ3) is 5.42. The number of para-hydroxylation sites is 4. The topological polar surface area (TPSA) is 18.5 Å². The van der Waals surface area contributed by atoms with Crippen molar-refractivity contribution >= 4 is 57.1 Å². The zero-order valence-corrected chi connectivity index (χ0v) is 22.6. The van der Waals surface area contributed by atoms with Crippen LogP contribution in [0.1, 0.15) is 0 Å². The zero-order valence-electron chi connectivity index (χ0n) is 21.9. The van der Waals surface area contributed by atoms with Crippen molar-refractivity contribution in [1.82, 2.24) is 0 Å². The molecule has 6 rings (SSSR count). The van der Waals surface area contributed by atoms with Gasteiger partial charge in [0.05, 0.1) is 16.4 Å². The molecule has 6 aromatic rings. The molecule has 0 unspecified atom stereocenters. The Morgan fingerprint density at radius 2 is 0.825 bits per heavy atom. The summed E-state index contributed by atoms with van der Waals surface area (Å²) in [6.45, 7) is 0. The minimum atomic E-state index is 0.642. The number of anilines is 8. The van der Waals surface area contributed by atoms with Gasteiger partial charge >= 0.3 is 0 Å². The van der Waals surface area contributed by atoms with Gasteiger partial charge in [0, 0.05) is 34.1 Å². The molecule has 0 saturated carbocycles. The summed E-state index contributed by atoms with van der Waals surface area (Å²) in [4.78, 5) is 4.47. The number of hydrogen-bond acceptors (Lipinski definition) is 3. The molecular formula is C36H28ClN3. The lowest BCUT2D eigenvalue weighted by molar-refractivity contribution is 1.25. The van der Waals surface area contributed by atoms with Gasteiger partial charge in [-0.1, -0.05) is 96.5 Å². The van der Waals surface area contributed by atoms with Gasteiger partial charge in [0.15, 0.2) is 0 Å². The van der Waals surface area contributed by atoms with Crippen LogP contribution >= 0.6 is 11.6 Å². The van der Waals surface area contributed by atoms with Gasteiger partial charge < -0.3 is 15.1 Å². The largest absolute Gasteiger partial charge is 0.354 e. The van der Waals surface area contributed by atoms with Crippen molar-refractivity contribution < 1.29 is 0 Å². The average Bonchev–Trinajstić information content (AvgIpc) is 3.02. The third-order valence-corrected chi connectivity index (χ3v) is 7.06. The highest BCUT2D eigenvalue weighted by Gasteiger charge is 2.20. The van der Waals surface area contributed by atoms with E-state index < -0.39 is 0 Å². The summed E-state index contributed by atoms with van der Waals surface area (Å²) in [7, 11) is 0. The Bertz CT molecular complexity index is 1630. The molecule has 0 radical (unpaired) electrons. The van der Waals surface area contributed by atoms with E-state index in [2.05, 4.69) is 106 Å². The Morgan fingerprint density at radius 1 is 0.400 bits per heavy atom. The smallest absolute Gasteiger partial charge is 0.0881 e. The van der Waals surface area contributed by atoms with Gasteiger partial charge in [0.2, 0.25) is 0 Å². The molecule has 4 heteroatoms. The molecule has 0 spiro atoms. The fraction of sp³-hybridized carbons (Fsp3) is 0. The molecule has 6 aromatic carbocycles. The van der Waals surface area contributed by atoms with Crippen molar-refractivity contribution in [2.45, 2.75) is 0 Å². The van der Waals surface area contributed by atoms with Crippen molar-refractivity contribution in [2.24, 2.45) is 0 Å². The fourth-order valence-corrected chi connectivity index (χ4v) is 5.10. The normalized spacial score (nSPS) is 10.6. The summed E-state index contributed by atoms with van der Waals surface area (Å²) < 4.78 is 0. The summed E-state index contributed by atoms with van der Waals surface area (Å²) >= 11 is 7.13. The Hall–Kier alpha value is -4.99. The minimum Gasteiger partial charge on any atom is -0.354 e. The average molecular weight is 538 g/mol. The number of halogens is 1. The summed E-state index contributed by atoms with van der Waals surface area (Å²) in [6, 6.07) is 55.9. The van der Waals surface area contributed by atoms with E-state index in [4.69, 9.17) is 11.6 Å². The number of nitrogens with one attached hydrogen (secondary N) is 1. The van der Waals surface area contributed by atoms with Crippen LogP contribution in [0.4, 0.5) is 45.5 Å². The Kier molecular flexibility index (Phi) is 7.47. The molecule has 0 heterocycles. The molecule has 0 aromatic heterocycles. The van der Waals surface area contributed by atoms with Crippen LogP contribution in [0.3, 0.4) is 0 Å². The van der Waals surface area contributed by atoms with Gasteiger partial charge in [0.1, 0.15) is 0 Å². The van der Waals surface area contributed by atoms with E-state index in [1.54, 1.807) is 0 Å². The monoisotopic (exact) mass is 537 g/mol. The number of benzene rings is 6.